The van der Waals surface area contributed by atoms with Crippen molar-refractivity contribution in [3.8, 4) is 0 Å². The first-order valence-electron chi connectivity index (χ1n) is 8.04. The van der Waals surface area contributed by atoms with Crippen LogP contribution in [0.25, 0.3) is 0 Å². The number of amides is 1. The summed E-state index contributed by atoms with van der Waals surface area (Å²) in [6.45, 7) is 7.13. The molecule has 0 spiro atoms. The van der Waals surface area contributed by atoms with Crippen molar-refractivity contribution in [2.75, 3.05) is 19.8 Å². The van der Waals surface area contributed by atoms with Crippen molar-refractivity contribution in [3.63, 3.8) is 0 Å². The molecule has 3 rings (SSSR count). The second-order valence-corrected chi connectivity index (χ2v) is 6.35. The smallest absolute Gasteiger partial charge is 0.228 e. The first kappa shape index (κ1) is 14.6. The van der Waals surface area contributed by atoms with Crippen LogP contribution >= 0.6 is 0 Å². The molecule has 1 aromatic rings. The molecule has 0 unspecified atom stereocenters. The largest absolute Gasteiger partial charge is 0.381 e. The lowest BCUT2D eigenvalue weighted by Gasteiger charge is -2.37. The number of likely N-dealkylation sites (tertiary alicyclic amines) is 1. The Balaban J connectivity index is 1.71. The summed E-state index contributed by atoms with van der Waals surface area (Å²) in [5, 5.41) is 4.55. The van der Waals surface area contributed by atoms with Crippen molar-refractivity contribution in [3.05, 3.63) is 17.5 Å². The van der Waals surface area contributed by atoms with E-state index in [0.29, 0.717) is 12.5 Å². The summed E-state index contributed by atoms with van der Waals surface area (Å²) >= 11 is 0. The predicted molar refractivity (Wildman–Crippen MR) is 80.0 cm³/mol. The minimum absolute atomic E-state index is 0.0751. The Morgan fingerprint density at radius 1 is 1.38 bits per heavy atom. The van der Waals surface area contributed by atoms with E-state index in [4.69, 9.17) is 4.74 Å². The zero-order chi connectivity index (χ0) is 14.8. The average molecular weight is 291 g/mol. The molecule has 0 aromatic carbocycles. The Labute approximate surface area is 126 Å². The summed E-state index contributed by atoms with van der Waals surface area (Å²) < 4.78 is 7.43. The fourth-order valence-corrected chi connectivity index (χ4v) is 3.50. The standard InChI is InChI=1S/C16H25N3O2/c1-12-9-13(2)19(17-12)10-15-5-3-4-7-18(15)16(20)14-6-8-21-11-14/h9,14-15H,3-8,10-11H2,1-2H3/t14-,15+/m1/s1. The summed E-state index contributed by atoms with van der Waals surface area (Å²) in [4.78, 5) is 14.8. The molecule has 2 atom stereocenters. The lowest BCUT2D eigenvalue weighted by Crippen LogP contribution is -2.48. The number of hydrogen-bond donors (Lipinski definition) is 0. The van der Waals surface area contributed by atoms with E-state index < -0.39 is 0 Å². The monoisotopic (exact) mass is 291 g/mol. The van der Waals surface area contributed by atoms with Crippen molar-refractivity contribution in [1.82, 2.24) is 14.7 Å². The number of hydrogen-bond acceptors (Lipinski definition) is 3. The number of ether oxygens (including phenoxy) is 1. The molecule has 116 valence electrons. The highest BCUT2D eigenvalue weighted by atomic mass is 16.5. The van der Waals surface area contributed by atoms with E-state index in [0.717, 1.165) is 44.7 Å². The van der Waals surface area contributed by atoms with Crippen LogP contribution in [0.2, 0.25) is 0 Å². The minimum Gasteiger partial charge on any atom is -0.381 e. The van der Waals surface area contributed by atoms with Gasteiger partial charge in [0.2, 0.25) is 5.91 Å². The molecule has 3 heterocycles. The molecule has 2 aliphatic rings. The quantitative estimate of drug-likeness (QED) is 0.855. The summed E-state index contributed by atoms with van der Waals surface area (Å²) in [5.41, 5.74) is 2.22. The lowest BCUT2D eigenvalue weighted by atomic mass is 9.98. The maximum atomic E-state index is 12.7. The topological polar surface area (TPSA) is 47.4 Å². The third-order valence-electron chi connectivity index (χ3n) is 4.68. The fraction of sp³-hybridized carbons (Fsp3) is 0.750. The molecule has 2 aliphatic heterocycles. The Kier molecular flexibility index (Phi) is 4.29. The first-order valence-corrected chi connectivity index (χ1v) is 8.04. The summed E-state index contributed by atoms with van der Waals surface area (Å²) in [6, 6.07) is 2.38. The number of carbonyl (C=O) groups is 1. The second kappa shape index (κ2) is 6.18. The van der Waals surface area contributed by atoms with Crippen LogP contribution in [0.15, 0.2) is 6.07 Å². The first-order chi connectivity index (χ1) is 10.1. The van der Waals surface area contributed by atoms with Gasteiger partial charge in [0.05, 0.1) is 30.8 Å². The number of aryl methyl sites for hydroxylation is 2. The van der Waals surface area contributed by atoms with Gasteiger partial charge in [0, 0.05) is 18.8 Å². The average Bonchev–Trinajstić information content (AvgIpc) is 3.09. The molecule has 21 heavy (non-hydrogen) atoms. The van der Waals surface area contributed by atoms with Crippen molar-refractivity contribution >= 4 is 5.91 Å². The molecule has 0 aliphatic carbocycles. The molecule has 0 bridgehead atoms. The van der Waals surface area contributed by atoms with Gasteiger partial charge in [-0.05, 0) is 45.6 Å². The summed E-state index contributed by atoms with van der Waals surface area (Å²) in [6.07, 6.45) is 4.28. The Hall–Kier alpha value is -1.36. The van der Waals surface area contributed by atoms with E-state index in [1.807, 2.05) is 6.92 Å². The van der Waals surface area contributed by atoms with Gasteiger partial charge in [0.15, 0.2) is 0 Å². The SMILES string of the molecule is Cc1cc(C)n(C[C@@H]2CCCCN2C(=O)[C@@H]2CCOC2)n1. The van der Waals surface area contributed by atoms with Gasteiger partial charge in [0.25, 0.3) is 0 Å². The van der Waals surface area contributed by atoms with Crippen molar-refractivity contribution in [2.24, 2.45) is 5.92 Å². The maximum absolute atomic E-state index is 12.7. The van der Waals surface area contributed by atoms with Crippen LogP contribution in [0.3, 0.4) is 0 Å². The summed E-state index contributed by atoms with van der Waals surface area (Å²) in [5.74, 6) is 0.366. The highest BCUT2D eigenvalue weighted by Gasteiger charge is 2.33. The van der Waals surface area contributed by atoms with Crippen LogP contribution in [0.1, 0.15) is 37.1 Å². The molecular weight excluding hydrogens is 266 g/mol. The van der Waals surface area contributed by atoms with E-state index in [2.05, 4.69) is 27.7 Å². The van der Waals surface area contributed by atoms with Gasteiger partial charge in [-0.2, -0.15) is 5.10 Å². The maximum Gasteiger partial charge on any atom is 0.228 e. The van der Waals surface area contributed by atoms with Crippen LogP contribution in [0.4, 0.5) is 0 Å². The van der Waals surface area contributed by atoms with Gasteiger partial charge in [-0.15, -0.1) is 0 Å². The molecule has 0 radical (unpaired) electrons. The van der Waals surface area contributed by atoms with E-state index in [1.165, 1.54) is 12.1 Å². The number of rotatable bonds is 3. The zero-order valence-electron chi connectivity index (χ0n) is 13.0. The van der Waals surface area contributed by atoms with Crippen LogP contribution < -0.4 is 0 Å². The van der Waals surface area contributed by atoms with E-state index in [9.17, 15) is 4.79 Å². The molecule has 2 fully saturated rings. The minimum atomic E-state index is 0.0751. The molecule has 2 saturated heterocycles. The summed E-state index contributed by atoms with van der Waals surface area (Å²) in [7, 11) is 0. The number of piperidine rings is 1. The van der Waals surface area contributed by atoms with Crippen LogP contribution in [-0.4, -0.2) is 46.4 Å². The third kappa shape index (κ3) is 3.12. The molecule has 0 saturated carbocycles. The van der Waals surface area contributed by atoms with Crippen molar-refractivity contribution in [2.45, 2.75) is 52.1 Å². The zero-order valence-corrected chi connectivity index (χ0v) is 13.0. The van der Waals surface area contributed by atoms with Gasteiger partial charge in [-0.1, -0.05) is 0 Å². The normalized spacial score (nSPS) is 26.3. The predicted octanol–water partition coefficient (Wildman–Crippen LogP) is 1.92. The van der Waals surface area contributed by atoms with Gasteiger partial charge in [0.1, 0.15) is 0 Å². The van der Waals surface area contributed by atoms with Crippen LogP contribution in [0.5, 0.6) is 0 Å². The molecule has 0 N–H and O–H groups in total. The van der Waals surface area contributed by atoms with Gasteiger partial charge in [-0.25, -0.2) is 0 Å². The fourth-order valence-electron chi connectivity index (χ4n) is 3.50. The number of carbonyl (C=O) groups excluding carboxylic acids is 1. The van der Waals surface area contributed by atoms with E-state index in [-0.39, 0.29) is 12.0 Å². The van der Waals surface area contributed by atoms with E-state index in [1.54, 1.807) is 0 Å². The molecular formula is C16H25N3O2. The van der Waals surface area contributed by atoms with Gasteiger partial charge in [-0.3, -0.25) is 9.48 Å². The lowest BCUT2D eigenvalue weighted by molar-refractivity contribution is -0.139. The van der Waals surface area contributed by atoms with Crippen molar-refractivity contribution < 1.29 is 9.53 Å². The van der Waals surface area contributed by atoms with Crippen LogP contribution in [-0.2, 0) is 16.1 Å². The van der Waals surface area contributed by atoms with Gasteiger partial charge < -0.3 is 9.64 Å². The molecule has 1 amide bonds. The second-order valence-electron chi connectivity index (χ2n) is 6.35. The molecule has 1 aromatic heterocycles. The number of nitrogens with zero attached hydrogens (tertiary/aromatic N) is 3. The van der Waals surface area contributed by atoms with E-state index >= 15 is 0 Å². The molecule has 5 nitrogen and oxygen atoms in total. The highest BCUT2D eigenvalue weighted by Crippen LogP contribution is 2.24. The van der Waals surface area contributed by atoms with Crippen LogP contribution in [0, 0.1) is 19.8 Å². The number of aromatic nitrogens is 2. The highest BCUT2D eigenvalue weighted by molar-refractivity contribution is 5.79. The Morgan fingerprint density at radius 2 is 2.24 bits per heavy atom. The Bertz CT molecular complexity index is 506. The Morgan fingerprint density at radius 3 is 2.90 bits per heavy atom. The third-order valence-corrected chi connectivity index (χ3v) is 4.68. The molecule has 5 heteroatoms. The van der Waals surface area contributed by atoms with Crippen molar-refractivity contribution in [1.29, 1.82) is 0 Å². The van der Waals surface area contributed by atoms with Gasteiger partial charge >= 0.3 is 0 Å².